The highest BCUT2D eigenvalue weighted by Crippen LogP contribution is 2.25. The minimum absolute atomic E-state index is 0.703. The van der Waals surface area contributed by atoms with E-state index in [1.807, 2.05) is 0 Å². The molecule has 0 N–H and O–H groups in total. The largest absolute Gasteiger partial charge is 0.440 e. The van der Waals surface area contributed by atoms with Gasteiger partial charge in [-0.15, -0.1) is 0 Å². The molecule has 15 heavy (non-hydrogen) atoms. The molecular formula is C10H28O2Si3. The maximum Gasteiger partial charge on any atom is 0.310 e. The minimum Gasteiger partial charge on any atom is -0.440 e. The molecule has 0 saturated heterocycles. The van der Waals surface area contributed by atoms with Crippen LogP contribution < -0.4 is 0 Å². The SMILES string of the molecule is CC(C)[SiH](O[Si](C)(C)O[SiH](C)C)C(C)C. The second-order valence-corrected chi connectivity index (χ2v) is 16.0. The monoisotopic (exact) mass is 264 g/mol. The topological polar surface area (TPSA) is 18.5 Å². The van der Waals surface area contributed by atoms with Crippen molar-refractivity contribution in [1.29, 1.82) is 0 Å². The van der Waals surface area contributed by atoms with Gasteiger partial charge in [0.25, 0.3) is 0 Å². The van der Waals surface area contributed by atoms with Gasteiger partial charge in [-0.2, -0.15) is 0 Å². The van der Waals surface area contributed by atoms with Crippen LogP contribution in [-0.4, -0.2) is 26.6 Å². The lowest BCUT2D eigenvalue weighted by Gasteiger charge is -2.34. The Morgan fingerprint density at radius 2 is 1.27 bits per heavy atom. The fourth-order valence-corrected chi connectivity index (χ4v) is 13.6. The summed E-state index contributed by atoms with van der Waals surface area (Å²) in [5.74, 6) is 0. The van der Waals surface area contributed by atoms with E-state index in [-0.39, 0.29) is 0 Å². The number of rotatable bonds is 6. The van der Waals surface area contributed by atoms with Crippen molar-refractivity contribution < 1.29 is 8.23 Å². The predicted molar refractivity (Wildman–Crippen MR) is 75.9 cm³/mol. The third-order valence-corrected chi connectivity index (χ3v) is 12.4. The Hall–Kier alpha value is 0.571. The molecule has 0 rings (SSSR count). The van der Waals surface area contributed by atoms with Gasteiger partial charge in [0.05, 0.1) is 0 Å². The fourth-order valence-electron chi connectivity index (χ4n) is 1.97. The molecule has 0 heterocycles. The van der Waals surface area contributed by atoms with Crippen LogP contribution in [0.2, 0.25) is 37.3 Å². The molecule has 0 unspecified atom stereocenters. The highest BCUT2D eigenvalue weighted by atomic mass is 28.5. The maximum absolute atomic E-state index is 6.36. The van der Waals surface area contributed by atoms with Crippen LogP contribution in [0, 0.1) is 0 Å². The molecule has 0 aliphatic rings. The molecule has 0 spiro atoms. The standard InChI is InChI=1S/C10H28O2Si3/c1-9(2)14(10(3)4)12-15(7,8)11-13(5)6/h9-10,13-14H,1-8H3. The van der Waals surface area contributed by atoms with Crippen LogP contribution in [-0.2, 0) is 8.23 Å². The highest BCUT2D eigenvalue weighted by molar-refractivity contribution is 6.79. The summed E-state index contributed by atoms with van der Waals surface area (Å²) >= 11 is 0. The quantitative estimate of drug-likeness (QED) is 0.686. The van der Waals surface area contributed by atoms with Crippen molar-refractivity contribution in [2.75, 3.05) is 0 Å². The van der Waals surface area contributed by atoms with E-state index in [9.17, 15) is 0 Å². The first-order chi connectivity index (χ1) is 6.65. The Morgan fingerprint density at radius 1 is 0.867 bits per heavy atom. The van der Waals surface area contributed by atoms with Crippen LogP contribution in [0.1, 0.15) is 27.7 Å². The molecule has 0 aromatic rings. The molecule has 0 bridgehead atoms. The lowest BCUT2D eigenvalue weighted by molar-refractivity contribution is 0.399. The predicted octanol–water partition coefficient (Wildman–Crippen LogP) is 3.25. The molecule has 0 fully saturated rings. The van der Waals surface area contributed by atoms with Gasteiger partial charge in [0, 0.05) is 0 Å². The van der Waals surface area contributed by atoms with Crippen LogP contribution >= 0.6 is 0 Å². The normalized spacial score (nSPS) is 13.6. The van der Waals surface area contributed by atoms with Gasteiger partial charge in [-0.25, -0.2) is 0 Å². The summed E-state index contributed by atoms with van der Waals surface area (Å²) < 4.78 is 12.4. The summed E-state index contributed by atoms with van der Waals surface area (Å²) in [4.78, 5) is 0. The molecule has 0 radical (unpaired) electrons. The Labute approximate surface area is 100 Å². The van der Waals surface area contributed by atoms with E-state index in [1.54, 1.807) is 0 Å². The fraction of sp³-hybridized carbons (Fsp3) is 1.00. The zero-order chi connectivity index (χ0) is 12.2. The number of hydrogen-bond donors (Lipinski definition) is 0. The van der Waals surface area contributed by atoms with E-state index in [2.05, 4.69) is 53.9 Å². The first-order valence-corrected chi connectivity index (χ1v) is 13.4. The van der Waals surface area contributed by atoms with Crippen molar-refractivity contribution in [1.82, 2.24) is 0 Å². The van der Waals surface area contributed by atoms with Crippen LogP contribution in [0.3, 0.4) is 0 Å². The van der Waals surface area contributed by atoms with Crippen molar-refractivity contribution in [3.63, 3.8) is 0 Å². The van der Waals surface area contributed by atoms with E-state index in [0.717, 1.165) is 0 Å². The van der Waals surface area contributed by atoms with Crippen LogP contribution in [0.15, 0.2) is 0 Å². The van der Waals surface area contributed by atoms with Gasteiger partial charge < -0.3 is 8.23 Å². The van der Waals surface area contributed by atoms with Gasteiger partial charge in [-0.05, 0) is 37.3 Å². The zero-order valence-corrected chi connectivity index (χ0v) is 14.9. The van der Waals surface area contributed by atoms with Crippen molar-refractivity contribution in [2.45, 2.75) is 65.0 Å². The lowest BCUT2D eigenvalue weighted by Crippen LogP contribution is -2.45. The van der Waals surface area contributed by atoms with E-state index in [4.69, 9.17) is 8.23 Å². The molecule has 2 nitrogen and oxygen atoms in total. The molecule has 0 aromatic carbocycles. The van der Waals surface area contributed by atoms with Gasteiger partial charge in [0.1, 0.15) is 0 Å². The Balaban J connectivity index is 4.38. The number of hydrogen-bond acceptors (Lipinski definition) is 2. The summed E-state index contributed by atoms with van der Waals surface area (Å²) in [5.41, 5.74) is 1.41. The molecule has 0 saturated carbocycles. The molecule has 0 amide bonds. The lowest BCUT2D eigenvalue weighted by atomic mass is 10.5. The second kappa shape index (κ2) is 6.34. The van der Waals surface area contributed by atoms with Crippen LogP contribution in [0.25, 0.3) is 0 Å². The van der Waals surface area contributed by atoms with E-state index >= 15 is 0 Å². The molecular weight excluding hydrogens is 236 g/mol. The summed E-state index contributed by atoms with van der Waals surface area (Å²) in [6, 6.07) is 0. The van der Waals surface area contributed by atoms with Gasteiger partial charge in [-0.1, -0.05) is 27.7 Å². The third kappa shape index (κ3) is 6.68. The summed E-state index contributed by atoms with van der Waals surface area (Å²) in [5, 5.41) is 0. The van der Waals surface area contributed by atoms with E-state index in [0.29, 0.717) is 11.1 Å². The van der Waals surface area contributed by atoms with Crippen molar-refractivity contribution in [2.24, 2.45) is 0 Å². The first kappa shape index (κ1) is 15.6. The molecule has 0 aliphatic heterocycles. The zero-order valence-electron chi connectivity index (χ0n) is 11.6. The molecule has 0 aromatic heterocycles. The maximum atomic E-state index is 6.36. The van der Waals surface area contributed by atoms with Crippen molar-refractivity contribution in [3.05, 3.63) is 0 Å². The van der Waals surface area contributed by atoms with Crippen molar-refractivity contribution in [3.8, 4) is 0 Å². The third-order valence-electron chi connectivity index (χ3n) is 2.25. The summed E-state index contributed by atoms with van der Waals surface area (Å²) in [6.45, 7) is 18.0. The summed E-state index contributed by atoms with van der Waals surface area (Å²) in [6.07, 6.45) is 0. The van der Waals surface area contributed by atoms with Crippen LogP contribution in [0.4, 0.5) is 0 Å². The van der Waals surface area contributed by atoms with Gasteiger partial charge in [0.15, 0.2) is 18.1 Å². The molecule has 0 atom stereocenters. The van der Waals surface area contributed by atoms with E-state index < -0.39 is 26.6 Å². The average Bonchev–Trinajstić information content (AvgIpc) is 1.96. The smallest absolute Gasteiger partial charge is 0.310 e. The Kier molecular flexibility index (Phi) is 6.58. The first-order valence-electron chi connectivity index (χ1n) is 6.01. The van der Waals surface area contributed by atoms with Crippen LogP contribution in [0.5, 0.6) is 0 Å². The van der Waals surface area contributed by atoms with Gasteiger partial charge >= 0.3 is 8.56 Å². The highest BCUT2D eigenvalue weighted by Gasteiger charge is 2.33. The molecule has 0 aliphatic carbocycles. The molecule has 5 heteroatoms. The summed E-state index contributed by atoms with van der Waals surface area (Å²) in [7, 11) is -3.90. The molecule has 92 valence electrons. The van der Waals surface area contributed by atoms with Gasteiger partial charge in [-0.3, -0.25) is 0 Å². The van der Waals surface area contributed by atoms with Crippen molar-refractivity contribution >= 4 is 26.6 Å². The Morgan fingerprint density at radius 3 is 1.53 bits per heavy atom. The average molecular weight is 265 g/mol. The minimum atomic E-state index is -1.83. The Bertz CT molecular complexity index is 174. The second-order valence-electron chi connectivity index (χ2n) is 5.64. The van der Waals surface area contributed by atoms with Gasteiger partial charge in [0.2, 0.25) is 0 Å². The van der Waals surface area contributed by atoms with E-state index in [1.165, 1.54) is 0 Å².